The van der Waals surface area contributed by atoms with E-state index in [0.29, 0.717) is 0 Å². The molecule has 5 heterocycles. The Balaban J connectivity index is 1.58. The molecule has 49 nitrogen and oxygen atoms in total. The van der Waals surface area contributed by atoms with Crippen LogP contribution in [0.4, 0.5) is 0 Å². The van der Waals surface area contributed by atoms with E-state index in [9.17, 15) is 58.7 Å². The highest BCUT2D eigenvalue weighted by molar-refractivity contribution is 7.90. The maximum Gasteiger partial charge on any atom is 0.397 e. The smallest absolute Gasteiger partial charge is 0.397 e. The van der Waals surface area contributed by atoms with Gasteiger partial charge in [-0.05, 0) is 0 Å². The van der Waals surface area contributed by atoms with Crippen molar-refractivity contribution in [3.63, 3.8) is 0 Å². The SMILES string of the molecule is COC1C(OC)[C@H](O[C@H]2O[C@@H](COS(=O)(=O)O)[C@@H](O[C@@H]3OC(C(=O)O)[C@@H](O[C@@H]4OC(COS(=O)(=O)O)[C@H](OC)[C@H](OC)C4N)[C@H](OC)C3OC)C(OSOOO)C2OSOOO)[C@H](C(=O)O)O[C@@H]1O[C@@H]1C(COS(=O)(=O)O)O[C@H](OC)C(OSOOO)[C@H]1OSOOO. The highest BCUT2D eigenvalue weighted by Gasteiger charge is 2.61. The van der Waals surface area contributed by atoms with E-state index in [-0.39, 0.29) is 49.3 Å². The molecule has 5 saturated heterocycles. The van der Waals surface area contributed by atoms with Crippen LogP contribution in [0.2, 0.25) is 0 Å². The molecule has 0 radical (unpaired) electrons. The normalized spacial score (nSPS) is 37.2. The van der Waals surface area contributed by atoms with Crippen molar-refractivity contribution in [2.75, 3.05) is 69.6 Å². The molecule has 93 heavy (non-hydrogen) atoms. The van der Waals surface area contributed by atoms with Crippen LogP contribution in [0.15, 0.2) is 0 Å². The number of carboxylic acids is 2. The van der Waals surface area contributed by atoms with E-state index in [1.54, 1.807) is 0 Å². The summed E-state index contributed by atoms with van der Waals surface area (Å²) in [6.45, 7) is -3.55. The van der Waals surface area contributed by atoms with Gasteiger partial charge in [0, 0.05) is 49.8 Å². The standard InChI is InChI=1S/C37H63NO48S7/c1-56-15-11(8-63-91(47,48)49)66-33(14(38)18(15)57-2)71-21-19(58-3)27(60-5)35(73-25(21)31(39)40)70-17-13(10-65-93(53,54)55)68-37(30(78-90-86-82-46)24(17)76-88-84-80-44)72-22-20(59-4)28(61-6)36(74-26(22)32(41)42)69-16-12(9-64-92(50,51)52)67-34(62-7)29(77-89-85-81-45)23(16)75-87-83-79-43/h11-30,33-37,43-46H,8-10,38H2,1-7H3,(H,39,40)(H,41,42)(H,47,48,49)(H,50,51,52)(H,53,54,55)/t11?,12?,13-,14?,15-,16+,17+,18+,19-,20?,21-,22-,23-,24?,25?,26+,27?,28?,29?,30?,33-,34-,35+,36-,37+/m0/s1. The van der Waals surface area contributed by atoms with Crippen LogP contribution in [-0.2, 0) is 183 Å². The van der Waals surface area contributed by atoms with Crippen LogP contribution in [0.25, 0.3) is 0 Å². The van der Waals surface area contributed by atoms with Crippen molar-refractivity contribution in [3.8, 4) is 0 Å². The van der Waals surface area contributed by atoms with Gasteiger partial charge in [0.25, 0.3) is 0 Å². The molecule has 5 aliphatic heterocycles. The number of methoxy groups -OCH3 is 7. The summed E-state index contributed by atoms with van der Waals surface area (Å²) in [5.41, 5.74) is 6.46. The topological polar surface area (TPSA) is 631 Å². The zero-order chi connectivity index (χ0) is 69.0. The molecule has 0 aliphatic carbocycles. The zero-order valence-corrected chi connectivity index (χ0v) is 53.7. The van der Waals surface area contributed by atoms with Crippen LogP contribution in [0.5, 0.6) is 0 Å². The van der Waals surface area contributed by atoms with Gasteiger partial charge >= 0.3 is 43.1 Å². The second-order valence-corrected chi connectivity index (χ2v) is 23.4. The van der Waals surface area contributed by atoms with Crippen molar-refractivity contribution in [1.29, 1.82) is 0 Å². The molecule has 25 atom stereocenters. The molecule has 56 heteroatoms. The third-order valence-electron chi connectivity index (χ3n) is 13.4. The molecular formula is C37H63NO48S7. The number of ether oxygens (including phenoxy) is 16. The first-order chi connectivity index (χ1) is 44.1. The minimum Gasteiger partial charge on any atom is -0.479 e. The summed E-state index contributed by atoms with van der Waals surface area (Å²) >= 11 is -0.825. The molecule has 11 N–H and O–H groups in total. The summed E-state index contributed by atoms with van der Waals surface area (Å²) < 4.78 is 247. The van der Waals surface area contributed by atoms with Gasteiger partial charge in [-0.25, -0.2) is 43.2 Å². The van der Waals surface area contributed by atoms with Crippen molar-refractivity contribution in [1.82, 2.24) is 0 Å². The molecule has 5 aliphatic rings. The van der Waals surface area contributed by atoms with Crippen molar-refractivity contribution in [2.45, 2.75) is 153 Å². The second-order valence-electron chi connectivity index (χ2n) is 18.3. The summed E-state index contributed by atoms with van der Waals surface area (Å²) in [6.07, 6.45) is -46.4. The lowest BCUT2D eigenvalue weighted by Gasteiger charge is -2.51. The minimum absolute atomic E-state index is 0.101. The average Bonchev–Trinajstić information content (AvgIpc) is 0.772. The van der Waals surface area contributed by atoms with Gasteiger partial charge in [-0.2, -0.15) is 25.3 Å². The van der Waals surface area contributed by atoms with E-state index < -0.39 is 216 Å². The fraction of sp³-hybridized carbons (Fsp3) is 0.946. The highest BCUT2D eigenvalue weighted by Crippen LogP contribution is 2.42. The number of nitrogens with two attached hydrogens (primary N) is 1. The maximum absolute atomic E-state index is 13.5. The predicted molar refractivity (Wildman–Crippen MR) is 279 cm³/mol. The number of aliphatic carboxylic acids is 2. The summed E-state index contributed by atoms with van der Waals surface area (Å²) in [6, 6.07) is -1.41. The lowest BCUT2D eigenvalue weighted by atomic mass is 9.94. The lowest BCUT2D eigenvalue weighted by molar-refractivity contribution is -0.437. The van der Waals surface area contributed by atoms with Crippen LogP contribution in [0.3, 0.4) is 0 Å². The van der Waals surface area contributed by atoms with Gasteiger partial charge < -0.3 is 91.7 Å². The van der Waals surface area contributed by atoms with Crippen molar-refractivity contribution in [3.05, 3.63) is 0 Å². The molecule has 0 bridgehead atoms. The molecule has 0 aromatic heterocycles. The molecule has 5 rings (SSSR count). The number of hydrogen-bond acceptors (Lipinski definition) is 48. The van der Waals surface area contributed by atoms with Gasteiger partial charge in [0.2, 0.25) is 0 Å². The lowest BCUT2D eigenvalue weighted by Crippen LogP contribution is -2.69. The first-order valence-electron chi connectivity index (χ1n) is 25.0. The Morgan fingerprint density at radius 3 is 0.978 bits per heavy atom. The molecular weight excluding hydrogens is 1450 g/mol. The Labute approximate surface area is 541 Å². The monoisotopic (exact) mass is 1510 g/mol. The Bertz CT molecular complexity index is 2560. The summed E-state index contributed by atoms with van der Waals surface area (Å²) in [4.78, 5) is 26.7. The van der Waals surface area contributed by atoms with Crippen molar-refractivity contribution < 1.29 is 222 Å². The molecule has 0 amide bonds. The Morgan fingerprint density at radius 1 is 0.366 bits per heavy atom. The Hall–Kier alpha value is -1.37. The molecule has 0 aromatic carbocycles. The summed E-state index contributed by atoms with van der Waals surface area (Å²) in [5, 5.41) is 71.9. The van der Waals surface area contributed by atoms with Crippen molar-refractivity contribution in [2.24, 2.45) is 5.73 Å². The predicted octanol–water partition coefficient (Wildman–Crippen LogP) is -3.68. The number of carbonyl (C=O) groups is 2. The maximum atomic E-state index is 13.5. The van der Waals surface area contributed by atoms with Crippen LogP contribution >= 0.6 is 49.3 Å². The van der Waals surface area contributed by atoms with Crippen LogP contribution in [0, 0.1) is 0 Å². The zero-order valence-electron chi connectivity index (χ0n) is 47.9. The summed E-state index contributed by atoms with van der Waals surface area (Å²) in [5.74, 6) is -3.81. The van der Waals surface area contributed by atoms with Crippen LogP contribution < -0.4 is 5.73 Å². The van der Waals surface area contributed by atoms with E-state index in [2.05, 4.69) is 50.0 Å². The molecule has 0 aromatic rings. The number of carboxylic acid groups (broad SMARTS) is 2. The number of rotatable bonds is 42. The highest BCUT2D eigenvalue weighted by atomic mass is 32.3. The first-order valence-corrected chi connectivity index (χ1v) is 31.8. The van der Waals surface area contributed by atoms with Crippen LogP contribution in [-0.4, -0.2) is 305 Å². The van der Waals surface area contributed by atoms with Crippen molar-refractivity contribution >= 4 is 92.4 Å². The van der Waals surface area contributed by atoms with Gasteiger partial charge in [-0.15, -0.1) is 17.3 Å². The second kappa shape index (κ2) is 39.6. The molecule has 10 unspecified atom stereocenters. The molecule has 0 saturated carbocycles. The Morgan fingerprint density at radius 2 is 0.656 bits per heavy atom. The summed E-state index contributed by atoms with van der Waals surface area (Å²) in [7, 11) is -8.62. The average molecular weight is 1510 g/mol. The van der Waals surface area contributed by atoms with Gasteiger partial charge in [0.1, 0.15) is 91.6 Å². The third-order valence-corrected chi connectivity index (χ3v) is 16.3. The molecule has 546 valence electrons. The molecule has 0 spiro atoms. The van der Waals surface area contributed by atoms with Gasteiger partial charge in [-0.3, -0.25) is 30.4 Å². The van der Waals surface area contributed by atoms with E-state index in [4.69, 9.17) is 119 Å². The fourth-order valence-electron chi connectivity index (χ4n) is 9.78. The number of hydrogen-bond donors (Lipinski definition) is 10. The van der Waals surface area contributed by atoms with Gasteiger partial charge in [0.15, 0.2) is 105 Å². The van der Waals surface area contributed by atoms with Crippen LogP contribution in [0.1, 0.15) is 0 Å². The third kappa shape index (κ3) is 23.3. The van der Waals surface area contributed by atoms with Gasteiger partial charge in [0.05, 0.1) is 25.9 Å². The van der Waals surface area contributed by atoms with E-state index in [1.807, 2.05) is 0 Å². The first kappa shape index (κ1) is 82.3. The van der Waals surface area contributed by atoms with Gasteiger partial charge in [-0.1, -0.05) is 20.2 Å². The quantitative estimate of drug-likeness (QED) is 0.00925. The molecule has 5 fully saturated rings. The van der Waals surface area contributed by atoms with E-state index in [1.165, 1.54) is 14.2 Å². The fourth-order valence-corrected chi connectivity index (χ4v) is 12.1. The Kier molecular flexibility index (Phi) is 35.0. The van der Waals surface area contributed by atoms with E-state index >= 15 is 0 Å². The minimum atomic E-state index is -5.53. The van der Waals surface area contributed by atoms with E-state index in [0.717, 1.165) is 35.5 Å². The largest absolute Gasteiger partial charge is 0.479 e.